The van der Waals surface area contributed by atoms with Crippen molar-refractivity contribution in [1.82, 2.24) is 0 Å². The molecular formula is C12H20. The molecule has 68 valence electrons. The second-order valence-electron chi connectivity index (χ2n) is 5.39. The van der Waals surface area contributed by atoms with Gasteiger partial charge < -0.3 is 0 Å². The highest BCUT2D eigenvalue weighted by Gasteiger charge is 2.47. The van der Waals surface area contributed by atoms with Crippen molar-refractivity contribution in [3.05, 3.63) is 0 Å². The lowest BCUT2D eigenvalue weighted by Gasteiger charge is -2.28. The minimum atomic E-state index is 1.16. The van der Waals surface area contributed by atoms with Crippen LogP contribution < -0.4 is 0 Å². The molecular weight excluding hydrogens is 144 g/mol. The fourth-order valence-corrected chi connectivity index (χ4v) is 3.75. The van der Waals surface area contributed by atoms with Crippen LogP contribution in [0.4, 0.5) is 0 Å². The van der Waals surface area contributed by atoms with Crippen LogP contribution in [0.3, 0.4) is 0 Å². The lowest BCUT2D eigenvalue weighted by atomic mass is 9.78. The number of hydrogen-bond donors (Lipinski definition) is 0. The molecule has 0 radical (unpaired) electrons. The van der Waals surface area contributed by atoms with Crippen molar-refractivity contribution in [1.29, 1.82) is 0 Å². The summed E-state index contributed by atoms with van der Waals surface area (Å²) < 4.78 is 0. The van der Waals surface area contributed by atoms with Gasteiger partial charge in [-0.25, -0.2) is 0 Å². The van der Waals surface area contributed by atoms with Gasteiger partial charge in [-0.05, 0) is 42.9 Å². The summed E-state index contributed by atoms with van der Waals surface area (Å²) in [6.45, 7) is 0. The summed E-state index contributed by atoms with van der Waals surface area (Å²) in [6.07, 6.45) is 12.6. The van der Waals surface area contributed by atoms with Crippen LogP contribution in [-0.4, -0.2) is 0 Å². The molecule has 0 aliphatic heterocycles. The van der Waals surface area contributed by atoms with Crippen molar-refractivity contribution in [2.75, 3.05) is 0 Å². The molecule has 0 saturated heterocycles. The molecule has 0 aromatic heterocycles. The quantitative estimate of drug-likeness (QED) is 0.555. The molecule has 0 nitrogen and oxygen atoms in total. The smallest absolute Gasteiger partial charge is 0.0380 e. The fraction of sp³-hybridized carbons (Fsp3) is 1.00. The van der Waals surface area contributed by atoms with E-state index in [0.29, 0.717) is 0 Å². The Labute approximate surface area is 75.7 Å². The van der Waals surface area contributed by atoms with Crippen molar-refractivity contribution >= 4 is 0 Å². The predicted octanol–water partition coefficient (Wildman–Crippen LogP) is 3.61. The van der Waals surface area contributed by atoms with Gasteiger partial charge in [0.25, 0.3) is 0 Å². The van der Waals surface area contributed by atoms with Gasteiger partial charge in [0.15, 0.2) is 0 Å². The van der Waals surface area contributed by atoms with E-state index < -0.39 is 0 Å². The maximum Gasteiger partial charge on any atom is -0.0380 e. The summed E-state index contributed by atoms with van der Waals surface area (Å²) in [7, 11) is 0. The third kappa shape index (κ3) is 1.20. The first-order valence-electron chi connectivity index (χ1n) is 5.93. The molecule has 2 unspecified atom stereocenters. The normalized spacial score (nSPS) is 47.5. The van der Waals surface area contributed by atoms with E-state index in [1.165, 1.54) is 37.0 Å². The summed E-state index contributed by atoms with van der Waals surface area (Å²) in [6, 6.07) is 0. The van der Waals surface area contributed by atoms with Crippen LogP contribution in [0, 0.1) is 23.7 Å². The van der Waals surface area contributed by atoms with Gasteiger partial charge in [-0.3, -0.25) is 0 Å². The van der Waals surface area contributed by atoms with Crippen molar-refractivity contribution in [3.63, 3.8) is 0 Å². The van der Waals surface area contributed by atoms with Crippen LogP contribution in [0.1, 0.15) is 51.4 Å². The summed E-state index contributed by atoms with van der Waals surface area (Å²) >= 11 is 0. The molecule has 0 heteroatoms. The van der Waals surface area contributed by atoms with Crippen LogP contribution in [-0.2, 0) is 0 Å². The Bertz CT molecular complexity index is 157. The molecule has 0 spiro atoms. The van der Waals surface area contributed by atoms with Crippen molar-refractivity contribution in [3.8, 4) is 0 Å². The molecule has 0 N–H and O–H groups in total. The van der Waals surface area contributed by atoms with Gasteiger partial charge in [-0.1, -0.05) is 32.1 Å². The molecule has 3 fully saturated rings. The van der Waals surface area contributed by atoms with Crippen molar-refractivity contribution < 1.29 is 0 Å². The first-order valence-corrected chi connectivity index (χ1v) is 5.93. The molecule has 3 saturated carbocycles. The molecule has 0 bridgehead atoms. The molecule has 3 aliphatic carbocycles. The molecule has 0 heterocycles. The zero-order valence-electron chi connectivity index (χ0n) is 7.97. The standard InChI is InChI=1S/C12H20/c1-2-4-9(5-3-1)10-6-11-8-12(11)7-10/h9-12H,1-8H2. The average Bonchev–Trinajstić information content (AvgIpc) is 2.75. The Morgan fingerprint density at radius 2 is 1.00 bits per heavy atom. The van der Waals surface area contributed by atoms with E-state index in [2.05, 4.69) is 0 Å². The van der Waals surface area contributed by atoms with E-state index in [0.717, 1.165) is 5.92 Å². The van der Waals surface area contributed by atoms with E-state index in [4.69, 9.17) is 0 Å². The minimum Gasteiger partial charge on any atom is -0.0533 e. The van der Waals surface area contributed by atoms with E-state index in [1.54, 1.807) is 32.1 Å². The Kier molecular flexibility index (Phi) is 1.70. The van der Waals surface area contributed by atoms with Crippen LogP contribution in [0.25, 0.3) is 0 Å². The second-order valence-corrected chi connectivity index (χ2v) is 5.39. The van der Waals surface area contributed by atoms with Gasteiger partial charge in [-0.2, -0.15) is 0 Å². The Morgan fingerprint density at radius 3 is 1.58 bits per heavy atom. The molecule has 12 heavy (non-hydrogen) atoms. The fourth-order valence-electron chi connectivity index (χ4n) is 3.75. The minimum absolute atomic E-state index is 1.16. The molecule has 0 amide bonds. The highest BCUT2D eigenvalue weighted by molar-refractivity contribution is 4.97. The number of fused-ring (bicyclic) bond motifs is 1. The Balaban J connectivity index is 1.58. The summed E-state index contributed by atoms with van der Waals surface area (Å²) in [5.41, 5.74) is 0. The average molecular weight is 164 g/mol. The Hall–Kier alpha value is 0. The maximum atomic E-state index is 1.62. The summed E-state index contributed by atoms with van der Waals surface area (Å²) in [5, 5.41) is 0. The van der Waals surface area contributed by atoms with E-state index >= 15 is 0 Å². The maximum absolute atomic E-state index is 1.62. The largest absolute Gasteiger partial charge is 0.0533 e. The van der Waals surface area contributed by atoms with Gasteiger partial charge in [0.1, 0.15) is 0 Å². The van der Waals surface area contributed by atoms with Crippen molar-refractivity contribution in [2.45, 2.75) is 51.4 Å². The molecule has 3 aliphatic rings. The Morgan fingerprint density at radius 1 is 0.500 bits per heavy atom. The third-order valence-electron chi connectivity index (χ3n) is 4.60. The molecule has 3 rings (SSSR count). The lowest BCUT2D eigenvalue weighted by molar-refractivity contribution is 0.237. The number of hydrogen-bond acceptors (Lipinski definition) is 0. The van der Waals surface area contributed by atoms with Crippen LogP contribution in [0.15, 0.2) is 0 Å². The number of rotatable bonds is 1. The van der Waals surface area contributed by atoms with Gasteiger partial charge in [0.05, 0.1) is 0 Å². The highest BCUT2D eigenvalue weighted by Crippen LogP contribution is 2.57. The first-order chi connectivity index (χ1) is 5.93. The highest BCUT2D eigenvalue weighted by atomic mass is 14.5. The molecule has 0 aromatic carbocycles. The molecule has 2 atom stereocenters. The third-order valence-corrected chi connectivity index (χ3v) is 4.60. The zero-order valence-corrected chi connectivity index (χ0v) is 7.97. The van der Waals surface area contributed by atoms with Crippen molar-refractivity contribution in [2.24, 2.45) is 23.7 Å². The molecule has 0 aromatic rings. The monoisotopic (exact) mass is 164 g/mol. The van der Waals surface area contributed by atoms with Gasteiger partial charge >= 0.3 is 0 Å². The summed E-state index contributed by atoms with van der Waals surface area (Å²) in [4.78, 5) is 0. The van der Waals surface area contributed by atoms with Gasteiger partial charge in [-0.15, -0.1) is 0 Å². The first kappa shape index (κ1) is 7.41. The zero-order chi connectivity index (χ0) is 7.97. The van der Waals surface area contributed by atoms with E-state index in [-0.39, 0.29) is 0 Å². The SMILES string of the molecule is C1CCC(C2CC3CC3C2)CC1. The van der Waals surface area contributed by atoms with Crippen LogP contribution in [0.5, 0.6) is 0 Å². The van der Waals surface area contributed by atoms with Crippen LogP contribution in [0.2, 0.25) is 0 Å². The lowest BCUT2D eigenvalue weighted by Crippen LogP contribution is -2.16. The summed E-state index contributed by atoms with van der Waals surface area (Å²) in [5.74, 6) is 4.74. The topological polar surface area (TPSA) is 0 Å². The second kappa shape index (κ2) is 2.75. The van der Waals surface area contributed by atoms with E-state index in [1.807, 2.05) is 0 Å². The van der Waals surface area contributed by atoms with Gasteiger partial charge in [0, 0.05) is 0 Å². The van der Waals surface area contributed by atoms with Gasteiger partial charge in [0.2, 0.25) is 0 Å². The van der Waals surface area contributed by atoms with E-state index in [9.17, 15) is 0 Å². The van der Waals surface area contributed by atoms with Crippen LogP contribution >= 0.6 is 0 Å². The predicted molar refractivity (Wildman–Crippen MR) is 50.9 cm³/mol.